The van der Waals surface area contributed by atoms with Gasteiger partial charge in [0.2, 0.25) is 0 Å². The highest BCUT2D eigenvalue weighted by atomic mass is 35.5. The van der Waals surface area contributed by atoms with E-state index in [9.17, 15) is 13.2 Å². The molecular weight excluding hydrogens is 265 g/mol. The van der Waals surface area contributed by atoms with Crippen LogP contribution < -0.4 is 5.32 Å². The van der Waals surface area contributed by atoms with Crippen molar-refractivity contribution in [2.24, 2.45) is 0 Å². The van der Waals surface area contributed by atoms with Crippen LogP contribution in [0.2, 0.25) is 5.15 Å². The molecule has 18 heavy (non-hydrogen) atoms. The van der Waals surface area contributed by atoms with Gasteiger partial charge in [-0.05, 0) is 18.2 Å². The van der Waals surface area contributed by atoms with Gasteiger partial charge >= 0.3 is 0 Å². The highest BCUT2D eigenvalue weighted by Crippen LogP contribution is 2.20. The number of halogens is 4. The van der Waals surface area contributed by atoms with E-state index >= 15 is 0 Å². The maximum atomic E-state index is 13.3. The van der Waals surface area contributed by atoms with Crippen molar-refractivity contribution in [3.63, 3.8) is 0 Å². The van der Waals surface area contributed by atoms with Gasteiger partial charge in [-0.15, -0.1) is 0 Å². The fraction of sp³-hybridized carbons (Fsp3) is 0.0833. The molecule has 1 aromatic heterocycles. The standard InChI is InChI=1S/C12H8ClF3N2/c13-12-11(2-1-3-17-12)18-6-7-4-9(15)10(16)5-8(7)14/h1-5,18H,6H2. The van der Waals surface area contributed by atoms with E-state index in [0.29, 0.717) is 11.8 Å². The van der Waals surface area contributed by atoms with Gasteiger partial charge in [-0.2, -0.15) is 0 Å². The molecule has 1 aromatic carbocycles. The van der Waals surface area contributed by atoms with Crippen LogP contribution >= 0.6 is 11.6 Å². The third kappa shape index (κ3) is 2.73. The SMILES string of the molecule is Fc1cc(F)c(CNc2cccnc2Cl)cc1F. The summed E-state index contributed by atoms with van der Waals surface area (Å²) < 4.78 is 39.0. The topological polar surface area (TPSA) is 24.9 Å². The Morgan fingerprint density at radius 2 is 1.83 bits per heavy atom. The van der Waals surface area contributed by atoms with Crippen molar-refractivity contribution in [3.8, 4) is 0 Å². The van der Waals surface area contributed by atoms with Gasteiger partial charge in [0.25, 0.3) is 0 Å². The van der Waals surface area contributed by atoms with Crippen molar-refractivity contribution in [1.29, 1.82) is 0 Å². The zero-order valence-corrected chi connectivity index (χ0v) is 9.81. The molecule has 0 saturated heterocycles. The molecule has 0 fully saturated rings. The summed E-state index contributed by atoms with van der Waals surface area (Å²) in [5, 5.41) is 3.02. The minimum Gasteiger partial charge on any atom is -0.378 e. The minimum atomic E-state index is -1.21. The first-order chi connectivity index (χ1) is 8.58. The highest BCUT2D eigenvalue weighted by molar-refractivity contribution is 6.31. The Labute approximate surface area is 106 Å². The molecule has 0 aliphatic carbocycles. The van der Waals surface area contributed by atoms with Crippen LogP contribution in [0.1, 0.15) is 5.56 Å². The van der Waals surface area contributed by atoms with Crippen LogP contribution in [-0.2, 0) is 6.54 Å². The Hall–Kier alpha value is -1.75. The van der Waals surface area contributed by atoms with Crippen molar-refractivity contribution in [2.75, 3.05) is 5.32 Å². The van der Waals surface area contributed by atoms with E-state index < -0.39 is 17.5 Å². The minimum absolute atomic E-state index is 0.00817. The number of pyridine rings is 1. The second-order valence-corrected chi connectivity index (χ2v) is 3.91. The van der Waals surface area contributed by atoms with E-state index in [4.69, 9.17) is 11.6 Å². The van der Waals surface area contributed by atoms with Gasteiger partial charge in [0.05, 0.1) is 5.69 Å². The lowest BCUT2D eigenvalue weighted by Gasteiger charge is -2.08. The lowest BCUT2D eigenvalue weighted by Crippen LogP contribution is -2.04. The second-order valence-electron chi connectivity index (χ2n) is 3.55. The molecule has 1 N–H and O–H groups in total. The number of aromatic nitrogens is 1. The number of nitrogens with zero attached hydrogens (tertiary/aromatic N) is 1. The summed E-state index contributed by atoms with van der Waals surface area (Å²) in [5.41, 5.74) is 0.497. The van der Waals surface area contributed by atoms with Crippen LogP contribution in [0.4, 0.5) is 18.9 Å². The van der Waals surface area contributed by atoms with Crippen molar-refractivity contribution in [2.45, 2.75) is 6.54 Å². The third-order valence-corrected chi connectivity index (χ3v) is 2.62. The van der Waals surface area contributed by atoms with E-state index in [1.54, 1.807) is 12.1 Å². The maximum absolute atomic E-state index is 13.3. The van der Waals surface area contributed by atoms with Crippen LogP contribution in [0, 0.1) is 17.5 Å². The third-order valence-electron chi connectivity index (χ3n) is 2.32. The van der Waals surface area contributed by atoms with E-state index in [0.717, 1.165) is 6.07 Å². The van der Waals surface area contributed by atoms with E-state index in [1.807, 2.05) is 0 Å². The molecule has 0 spiro atoms. The van der Waals surface area contributed by atoms with Gasteiger partial charge in [0, 0.05) is 24.4 Å². The van der Waals surface area contributed by atoms with Crippen LogP contribution in [0.15, 0.2) is 30.5 Å². The lowest BCUT2D eigenvalue weighted by molar-refractivity contribution is 0.490. The van der Waals surface area contributed by atoms with Crippen LogP contribution in [0.3, 0.4) is 0 Å². The lowest BCUT2D eigenvalue weighted by atomic mass is 10.2. The van der Waals surface area contributed by atoms with Gasteiger partial charge in [-0.3, -0.25) is 0 Å². The Morgan fingerprint density at radius 3 is 2.56 bits per heavy atom. The molecule has 0 radical (unpaired) electrons. The first-order valence-corrected chi connectivity index (χ1v) is 5.43. The van der Waals surface area contributed by atoms with Gasteiger partial charge in [-0.25, -0.2) is 18.2 Å². The van der Waals surface area contributed by atoms with Crippen molar-refractivity contribution in [1.82, 2.24) is 4.98 Å². The van der Waals surface area contributed by atoms with E-state index in [1.165, 1.54) is 6.20 Å². The molecule has 2 rings (SSSR count). The second kappa shape index (κ2) is 5.27. The average molecular weight is 273 g/mol. The molecule has 94 valence electrons. The normalized spacial score (nSPS) is 10.4. The van der Waals surface area contributed by atoms with Gasteiger partial charge in [-0.1, -0.05) is 11.6 Å². The van der Waals surface area contributed by atoms with Crippen LogP contribution in [0.5, 0.6) is 0 Å². The van der Waals surface area contributed by atoms with E-state index in [2.05, 4.69) is 10.3 Å². The molecule has 2 aromatic rings. The summed E-state index contributed by atoms with van der Waals surface area (Å²) >= 11 is 5.79. The molecular formula is C12H8ClF3N2. The fourth-order valence-corrected chi connectivity index (χ4v) is 1.59. The summed E-state index contributed by atoms with van der Waals surface area (Å²) in [5.74, 6) is -3.12. The number of benzene rings is 1. The molecule has 6 heteroatoms. The summed E-state index contributed by atoms with van der Waals surface area (Å²) in [6, 6.07) is 4.61. The molecule has 0 atom stereocenters. The first kappa shape index (κ1) is 12.7. The Bertz CT molecular complexity index is 575. The van der Waals surface area contributed by atoms with Gasteiger partial charge < -0.3 is 5.32 Å². The van der Waals surface area contributed by atoms with Crippen LogP contribution in [-0.4, -0.2) is 4.98 Å². The Kier molecular flexibility index (Phi) is 3.72. The largest absolute Gasteiger partial charge is 0.378 e. The quantitative estimate of drug-likeness (QED) is 0.680. The summed E-state index contributed by atoms with van der Waals surface area (Å²) in [6.07, 6.45) is 1.51. The zero-order valence-electron chi connectivity index (χ0n) is 9.05. The van der Waals surface area contributed by atoms with Crippen LogP contribution in [0.25, 0.3) is 0 Å². The van der Waals surface area contributed by atoms with Gasteiger partial charge in [0.15, 0.2) is 16.8 Å². The monoisotopic (exact) mass is 272 g/mol. The number of anilines is 1. The number of rotatable bonds is 3. The molecule has 0 bridgehead atoms. The molecule has 2 nitrogen and oxygen atoms in total. The van der Waals surface area contributed by atoms with Crippen molar-refractivity contribution in [3.05, 3.63) is 58.6 Å². The van der Waals surface area contributed by atoms with Gasteiger partial charge in [0.1, 0.15) is 5.82 Å². The van der Waals surface area contributed by atoms with E-state index in [-0.39, 0.29) is 17.3 Å². The first-order valence-electron chi connectivity index (χ1n) is 5.05. The fourth-order valence-electron chi connectivity index (χ4n) is 1.41. The maximum Gasteiger partial charge on any atom is 0.161 e. The number of nitrogens with one attached hydrogen (secondary N) is 1. The number of hydrogen-bond donors (Lipinski definition) is 1. The number of hydrogen-bond acceptors (Lipinski definition) is 2. The Balaban J connectivity index is 2.16. The summed E-state index contributed by atoms with van der Waals surface area (Å²) in [4.78, 5) is 3.82. The predicted octanol–water partition coefficient (Wildman–Crippen LogP) is 3.76. The average Bonchev–Trinajstić information content (AvgIpc) is 2.34. The molecule has 0 amide bonds. The Morgan fingerprint density at radius 1 is 1.11 bits per heavy atom. The smallest absolute Gasteiger partial charge is 0.161 e. The predicted molar refractivity (Wildman–Crippen MR) is 62.9 cm³/mol. The molecule has 1 heterocycles. The van der Waals surface area contributed by atoms with Crippen molar-refractivity contribution < 1.29 is 13.2 Å². The highest BCUT2D eigenvalue weighted by Gasteiger charge is 2.10. The molecule has 0 unspecified atom stereocenters. The van der Waals surface area contributed by atoms with Crippen molar-refractivity contribution >= 4 is 17.3 Å². The molecule has 0 aliphatic heterocycles. The summed E-state index contributed by atoms with van der Waals surface area (Å²) in [7, 11) is 0. The summed E-state index contributed by atoms with van der Waals surface area (Å²) in [6.45, 7) is -0.0194. The zero-order chi connectivity index (χ0) is 13.1. The molecule has 0 aliphatic rings. The molecule has 0 saturated carbocycles.